The maximum atomic E-state index is 11.7. The van der Waals surface area contributed by atoms with E-state index in [1.807, 2.05) is 0 Å². The van der Waals surface area contributed by atoms with Crippen molar-refractivity contribution < 1.29 is 4.79 Å². The van der Waals surface area contributed by atoms with Gasteiger partial charge in [0.15, 0.2) is 0 Å². The molecule has 0 unspecified atom stereocenters. The summed E-state index contributed by atoms with van der Waals surface area (Å²) in [6, 6.07) is 0.577. The van der Waals surface area contributed by atoms with Gasteiger partial charge in [-0.15, -0.1) is 0 Å². The van der Waals surface area contributed by atoms with Crippen molar-refractivity contribution in [3.63, 3.8) is 0 Å². The molecule has 0 aromatic heterocycles. The van der Waals surface area contributed by atoms with Crippen molar-refractivity contribution in [3.05, 3.63) is 0 Å². The summed E-state index contributed by atoms with van der Waals surface area (Å²) in [7, 11) is 2.17. The SMILES string of the molecule is CN1CCC[C@H]1[C@@H]1CCCCC1=O. The highest BCUT2D eigenvalue weighted by Crippen LogP contribution is 2.31. The summed E-state index contributed by atoms with van der Waals surface area (Å²) in [5.74, 6) is 0.909. The van der Waals surface area contributed by atoms with Crippen molar-refractivity contribution in [2.75, 3.05) is 13.6 Å². The molecule has 2 atom stereocenters. The van der Waals surface area contributed by atoms with E-state index in [4.69, 9.17) is 0 Å². The maximum absolute atomic E-state index is 11.7. The lowest BCUT2D eigenvalue weighted by Gasteiger charge is -2.30. The van der Waals surface area contributed by atoms with Crippen LogP contribution in [0.4, 0.5) is 0 Å². The Bertz CT molecular complexity index is 202. The van der Waals surface area contributed by atoms with Gasteiger partial charge >= 0.3 is 0 Å². The van der Waals surface area contributed by atoms with Crippen LogP contribution in [-0.2, 0) is 4.79 Å². The highest BCUT2D eigenvalue weighted by atomic mass is 16.1. The zero-order valence-corrected chi connectivity index (χ0v) is 8.46. The number of nitrogens with zero attached hydrogens (tertiary/aromatic N) is 1. The van der Waals surface area contributed by atoms with Crippen molar-refractivity contribution >= 4 is 5.78 Å². The number of rotatable bonds is 1. The summed E-state index contributed by atoms with van der Waals surface area (Å²) in [4.78, 5) is 14.1. The van der Waals surface area contributed by atoms with Crippen molar-refractivity contribution in [1.29, 1.82) is 0 Å². The number of hydrogen-bond donors (Lipinski definition) is 0. The Morgan fingerprint density at radius 3 is 2.69 bits per heavy atom. The van der Waals surface area contributed by atoms with Crippen LogP contribution in [-0.4, -0.2) is 30.3 Å². The van der Waals surface area contributed by atoms with E-state index in [-0.39, 0.29) is 0 Å². The lowest BCUT2D eigenvalue weighted by Crippen LogP contribution is -2.38. The number of hydrogen-bond acceptors (Lipinski definition) is 2. The van der Waals surface area contributed by atoms with Crippen molar-refractivity contribution in [1.82, 2.24) is 4.90 Å². The molecule has 0 radical (unpaired) electrons. The Labute approximate surface area is 80.3 Å². The first kappa shape index (κ1) is 9.20. The van der Waals surface area contributed by atoms with E-state index < -0.39 is 0 Å². The molecule has 74 valence electrons. The zero-order valence-electron chi connectivity index (χ0n) is 8.46. The first-order valence-electron chi connectivity index (χ1n) is 5.52. The number of ketones is 1. The van der Waals surface area contributed by atoms with Gasteiger partial charge in [0.25, 0.3) is 0 Å². The highest BCUT2D eigenvalue weighted by molar-refractivity contribution is 5.82. The fraction of sp³-hybridized carbons (Fsp3) is 0.909. The molecular weight excluding hydrogens is 162 g/mol. The molecule has 2 aliphatic rings. The summed E-state index contributed by atoms with van der Waals surface area (Å²) in [6.07, 6.45) is 6.91. The molecule has 1 aliphatic heterocycles. The van der Waals surface area contributed by atoms with Crippen LogP contribution >= 0.6 is 0 Å². The Balaban J connectivity index is 2.01. The monoisotopic (exact) mass is 181 g/mol. The van der Waals surface area contributed by atoms with E-state index in [1.54, 1.807) is 0 Å². The lowest BCUT2D eigenvalue weighted by molar-refractivity contribution is -0.126. The lowest BCUT2D eigenvalue weighted by atomic mass is 9.82. The van der Waals surface area contributed by atoms with Gasteiger partial charge in [0, 0.05) is 18.4 Å². The molecule has 0 bridgehead atoms. The molecule has 2 heteroatoms. The van der Waals surface area contributed by atoms with Gasteiger partial charge in [0.05, 0.1) is 0 Å². The Kier molecular flexibility index (Phi) is 2.68. The van der Waals surface area contributed by atoms with E-state index in [2.05, 4.69) is 11.9 Å². The second kappa shape index (κ2) is 3.79. The Morgan fingerprint density at radius 2 is 2.08 bits per heavy atom. The van der Waals surface area contributed by atoms with Gasteiger partial charge in [-0.05, 0) is 39.3 Å². The Morgan fingerprint density at radius 1 is 1.23 bits per heavy atom. The van der Waals surface area contributed by atoms with Crippen LogP contribution in [0.2, 0.25) is 0 Å². The molecule has 0 amide bonds. The molecule has 1 saturated heterocycles. The smallest absolute Gasteiger partial charge is 0.137 e. The number of carbonyl (C=O) groups is 1. The van der Waals surface area contributed by atoms with Gasteiger partial charge < -0.3 is 4.90 Å². The van der Waals surface area contributed by atoms with Crippen LogP contribution in [0.1, 0.15) is 38.5 Å². The predicted octanol–water partition coefficient (Wildman–Crippen LogP) is 1.84. The van der Waals surface area contributed by atoms with Gasteiger partial charge in [-0.1, -0.05) is 6.42 Å². The normalized spacial score (nSPS) is 36.8. The van der Waals surface area contributed by atoms with Crippen molar-refractivity contribution in [3.8, 4) is 0 Å². The largest absolute Gasteiger partial charge is 0.303 e. The molecule has 1 saturated carbocycles. The summed E-state index contributed by atoms with van der Waals surface area (Å²) in [6.45, 7) is 1.19. The van der Waals surface area contributed by atoms with Gasteiger partial charge in [0.1, 0.15) is 5.78 Å². The quantitative estimate of drug-likeness (QED) is 0.615. The third kappa shape index (κ3) is 1.78. The predicted molar refractivity (Wildman–Crippen MR) is 52.6 cm³/mol. The molecule has 1 heterocycles. The van der Waals surface area contributed by atoms with Crippen molar-refractivity contribution in [2.45, 2.75) is 44.6 Å². The molecule has 1 aliphatic carbocycles. The van der Waals surface area contributed by atoms with Crippen LogP contribution in [0.15, 0.2) is 0 Å². The van der Waals surface area contributed by atoms with Crippen molar-refractivity contribution in [2.24, 2.45) is 5.92 Å². The minimum absolute atomic E-state index is 0.376. The zero-order chi connectivity index (χ0) is 9.26. The third-order valence-electron chi connectivity index (χ3n) is 3.64. The fourth-order valence-electron chi connectivity index (χ4n) is 2.86. The van der Waals surface area contributed by atoms with E-state index in [1.165, 1.54) is 25.8 Å². The van der Waals surface area contributed by atoms with Gasteiger partial charge in [0.2, 0.25) is 0 Å². The third-order valence-corrected chi connectivity index (χ3v) is 3.64. The minimum atomic E-state index is 0.376. The molecule has 0 spiro atoms. The standard InChI is InChI=1S/C11H19NO/c1-12-8-4-6-10(12)9-5-2-3-7-11(9)13/h9-10H,2-8H2,1H3/t9-,10-/m0/s1. The van der Waals surface area contributed by atoms with E-state index in [0.717, 1.165) is 19.3 Å². The first-order chi connectivity index (χ1) is 6.29. The van der Waals surface area contributed by atoms with E-state index in [0.29, 0.717) is 17.7 Å². The number of likely N-dealkylation sites (tertiary alicyclic amines) is 1. The van der Waals surface area contributed by atoms with Crippen LogP contribution in [0.3, 0.4) is 0 Å². The minimum Gasteiger partial charge on any atom is -0.303 e. The van der Waals surface area contributed by atoms with E-state index >= 15 is 0 Å². The molecule has 2 fully saturated rings. The number of carbonyl (C=O) groups excluding carboxylic acids is 1. The molecule has 13 heavy (non-hydrogen) atoms. The second-order valence-electron chi connectivity index (χ2n) is 4.51. The maximum Gasteiger partial charge on any atom is 0.137 e. The summed E-state index contributed by atoms with van der Waals surface area (Å²) >= 11 is 0. The average molecular weight is 181 g/mol. The van der Waals surface area contributed by atoms with Gasteiger partial charge in [-0.2, -0.15) is 0 Å². The summed E-state index contributed by atoms with van der Waals surface area (Å²) in [5, 5.41) is 0. The van der Waals surface area contributed by atoms with Gasteiger partial charge in [-0.25, -0.2) is 0 Å². The summed E-state index contributed by atoms with van der Waals surface area (Å²) < 4.78 is 0. The number of Topliss-reactive ketones (excluding diaryl/α,β-unsaturated/α-hetero) is 1. The molecule has 2 rings (SSSR count). The fourth-order valence-corrected chi connectivity index (χ4v) is 2.86. The molecule has 0 N–H and O–H groups in total. The van der Waals surface area contributed by atoms with Crippen LogP contribution in [0, 0.1) is 5.92 Å². The second-order valence-corrected chi connectivity index (χ2v) is 4.51. The van der Waals surface area contributed by atoms with Crippen LogP contribution in [0.25, 0.3) is 0 Å². The van der Waals surface area contributed by atoms with Crippen LogP contribution < -0.4 is 0 Å². The average Bonchev–Trinajstić information content (AvgIpc) is 2.52. The molecule has 0 aromatic carbocycles. The molecule has 2 nitrogen and oxygen atoms in total. The van der Waals surface area contributed by atoms with Crippen LogP contribution in [0.5, 0.6) is 0 Å². The topological polar surface area (TPSA) is 20.3 Å². The molecule has 0 aromatic rings. The molecular formula is C11H19NO. The first-order valence-corrected chi connectivity index (χ1v) is 5.52. The summed E-state index contributed by atoms with van der Waals surface area (Å²) in [5.41, 5.74) is 0. The van der Waals surface area contributed by atoms with Gasteiger partial charge in [-0.3, -0.25) is 4.79 Å². The van der Waals surface area contributed by atoms with E-state index in [9.17, 15) is 4.79 Å². The highest BCUT2D eigenvalue weighted by Gasteiger charge is 2.34. The Hall–Kier alpha value is -0.370.